The van der Waals surface area contributed by atoms with E-state index in [1.807, 2.05) is 29.2 Å². The molecule has 2 heterocycles. The summed E-state index contributed by atoms with van der Waals surface area (Å²) in [5.41, 5.74) is 6.28. The fourth-order valence-corrected chi connectivity index (χ4v) is 2.30. The minimum atomic E-state index is -1.19. The molecule has 3 N–H and O–H groups in total. The summed E-state index contributed by atoms with van der Waals surface area (Å²) in [5, 5.41) is 9.12. The molecule has 1 aromatic heterocycles. The zero-order valence-corrected chi connectivity index (χ0v) is 10.3. The summed E-state index contributed by atoms with van der Waals surface area (Å²) in [5.74, 6) is -0.295. The number of para-hydroxylation sites is 2. The Bertz CT molecular complexity index is 645. The van der Waals surface area contributed by atoms with Crippen LogP contribution in [0.3, 0.4) is 0 Å². The van der Waals surface area contributed by atoms with E-state index in [0.717, 1.165) is 11.0 Å². The molecule has 0 aliphatic carbocycles. The van der Waals surface area contributed by atoms with E-state index in [9.17, 15) is 4.79 Å². The third kappa shape index (κ3) is 2.00. The van der Waals surface area contributed by atoms with E-state index in [0.29, 0.717) is 18.8 Å². The van der Waals surface area contributed by atoms with Crippen LogP contribution in [-0.4, -0.2) is 39.7 Å². The molecule has 0 amide bonds. The highest BCUT2D eigenvalue weighted by molar-refractivity contribution is 5.81. The third-order valence-electron chi connectivity index (χ3n) is 3.49. The van der Waals surface area contributed by atoms with Crippen molar-refractivity contribution >= 4 is 22.8 Å². The molecule has 1 aliphatic heterocycles. The Morgan fingerprint density at radius 1 is 1.37 bits per heavy atom. The normalized spacial score (nSPS) is 22.9. The van der Waals surface area contributed by atoms with Gasteiger partial charge < -0.3 is 15.7 Å². The van der Waals surface area contributed by atoms with Crippen molar-refractivity contribution in [3.8, 4) is 0 Å². The fraction of sp³-hybridized carbons (Fsp3) is 0.308. The number of carbonyl (C=O) groups is 1. The van der Waals surface area contributed by atoms with Gasteiger partial charge in [0.25, 0.3) is 0 Å². The summed E-state index contributed by atoms with van der Waals surface area (Å²) in [6.45, 7) is 0.838. The van der Waals surface area contributed by atoms with Gasteiger partial charge in [-0.05, 0) is 18.6 Å². The van der Waals surface area contributed by atoms with Crippen LogP contribution in [-0.2, 0) is 4.79 Å². The van der Waals surface area contributed by atoms with Crippen molar-refractivity contribution in [2.24, 2.45) is 5.73 Å². The molecule has 1 fully saturated rings. The highest BCUT2D eigenvalue weighted by Crippen LogP contribution is 2.24. The molecule has 0 bridgehead atoms. The molecule has 0 saturated carbocycles. The number of benzene rings is 1. The Kier molecular flexibility index (Phi) is 2.60. The molecule has 2 aromatic rings. The molecule has 1 saturated heterocycles. The van der Waals surface area contributed by atoms with E-state index < -0.39 is 11.5 Å². The number of hydrogen-bond acceptors (Lipinski definition) is 5. The zero-order chi connectivity index (χ0) is 13.5. The number of carboxylic acids is 1. The van der Waals surface area contributed by atoms with Crippen molar-refractivity contribution in [1.82, 2.24) is 9.97 Å². The second kappa shape index (κ2) is 4.17. The van der Waals surface area contributed by atoms with Crippen LogP contribution in [0.4, 0.5) is 5.82 Å². The van der Waals surface area contributed by atoms with E-state index in [2.05, 4.69) is 9.97 Å². The van der Waals surface area contributed by atoms with Gasteiger partial charge in [-0.1, -0.05) is 12.1 Å². The SMILES string of the molecule is NC1(C(=O)O)CCN(c2cnc3ccccc3n2)C1. The second-order valence-corrected chi connectivity index (χ2v) is 4.85. The van der Waals surface area contributed by atoms with Gasteiger partial charge in [-0.25, -0.2) is 4.98 Å². The summed E-state index contributed by atoms with van der Waals surface area (Å²) in [6, 6.07) is 7.58. The number of rotatable bonds is 2. The first-order valence-corrected chi connectivity index (χ1v) is 6.07. The first kappa shape index (κ1) is 11.9. The molecule has 0 spiro atoms. The lowest BCUT2D eigenvalue weighted by Gasteiger charge is -2.20. The zero-order valence-electron chi connectivity index (χ0n) is 10.3. The van der Waals surface area contributed by atoms with Crippen molar-refractivity contribution in [2.45, 2.75) is 12.0 Å². The van der Waals surface area contributed by atoms with Crippen molar-refractivity contribution < 1.29 is 9.90 Å². The fourth-order valence-electron chi connectivity index (χ4n) is 2.30. The topological polar surface area (TPSA) is 92.3 Å². The summed E-state index contributed by atoms with van der Waals surface area (Å²) < 4.78 is 0. The van der Waals surface area contributed by atoms with Crippen molar-refractivity contribution in [2.75, 3.05) is 18.0 Å². The third-order valence-corrected chi connectivity index (χ3v) is 3.49. The summed E-state index contributed by atoms with van der Waals surface area (Å²) in [6.07, 6.45) is 2.08. The number of aromatic nitrogens is 2. The maximum absolute atomic E-state index is 11.1. The van der Waals surface area contributed by atoms with E-state index in [1.165, 1.54) is 0 Å². The lowest BCUT2D eigenvalue weighted by molar-refractivity contribution is -0.142. The van der Waals surface area contributed by atoms with Crippen LogP contribution >= 0.6 is 0 Å². The summed E-state index contributed by atoms with van der Waals surface area (Å²) in [7, 11) is 0. The molecule has 6 heteroatoms. The number of aliphatic carboxylic acids is 1. The minimum Gasteiger partial charge on any atom is -0.480 e. The number of carboxylic acid groups (broad SMARTS) is 1. The molecule has 1 aliphatic rings. The van der Waals surface area contributed by atoms with Crippen molar-refractivity contribution in [3.63, 3.8) is 0 Å². The van der Waals surface area contributed by atoms with Crippen LogP contribution in [0.5, 0.6) is 0 Å². The van der Waals surface area contributed by atoms with Gasteiger partial charge in [0.05, 0.1) is 17.2 Å². The van der Waals surface area contributed by atoms with Gasteiger partial charge in [-0.3, -0.25) is 9.78 Å². The van der Waals surface area contributed by atoms with Gasteiger partial charge in [-0.2, -0.15) is 0 Å². The summed E-state index contributed by atoms with van der Waals surface area (Å²) in [4.78, 5) is 21.8. The molecule has 3 rings (SSSR count). The Hall–Kier alpha value is -2.21. The Labute approximate surface area is 109 Å². The second-order valence-electron chi connectivity index (χ2n) is 4.85. The van der Waals surface area contributed by atoms with E-state index in [1.54, 1.807) is 6.20 Å². The van der Waals surface area contributed by atoms with Gasteiger partial charge in [0.15, 0.2) is 0 Å². The van der Waals surface area contributed by atoms with E-state index >= 15 is 0 Å². The molecular formula is C13H14N4O2. The smallest absolute Gasteiger partial charge is 0.325 e. The van der Waals surface area contributed by atoms with Gasteiger partial charge in [0.1, 0.15) is 11.4 Å². The molecule has 6 nitrogen and oxygen atoms in total. The van der Waals surface area contributed by atoms with E-state index in [-0.39, 0.29) is 6.54 Å². The van der Waals surface area contributed by atoms with Crippen LogP contribution in [0.1, 0.15) is 6.42 Å². The Morgan fingerprint density at radius 3 is 2.79 bits per heavy atom. The molecule has 1 unspecified atom stereocenters. The van der Waals surface area contributed by atoms with Crippen LogP contribution in [0.25, 0.3) is 11.0 Å². The predicted octanol–water partition coefficient (Wildman–Crippen LogP) is 0.622. The Balaban J connectivity index is 1.92. The standard InChI is InChI=1S/C13H14N4O2/c14-13(12(18)19)5-6-17(8-13)11-7-15-9-3-1-2-4-10(9)16-11/h1-4,7H,5-6,8,14H2,(H,18,19). The molecule has 0 radical (unpaired) electrons. The minimum absolute atomic E-state index is 0.259. The first-order valence-electron chi connectivity index (χ1n) is 6.07. The first-order chi connectivity index (χ1) is 9.08. The maximum atomic E-state index is 11.1. The van der Waals surface area contributed by atoms with Gasteiger partial charge in [-0.15, -0.1) is 0 Å². The molecular weight excluding hydrogens is 244 g/mol. The lowest BCUT2D eigenvalue weighted by Crippen LogP contribution is -2.50. The maximum Gasteiger partial charge on any atom is 0.325 e. The number of fused-ring (bicyclic) bond motifs is 1. The van der Waals surface area contributed by atoms with Gasteiger partial charge >= 0.3 is 5.97 Å². The number of hydrogen-bond donors (Lipinski definition) is 2. The highest BCUT2D eigenvalue weighted by atomic mass is 16.4. The molecule has 98 valence electrons. The number of nitrogens with two attached hydrogens (primary N) is 1. The van der Waals surface area contributed by atoms with Gasteiger partial charge in [0.2, 0.25) is 0 Å². The van der Waals surface area contributed by atoms with Crippen LogP contribution in [0.15, 0.2) is 30.5 Å². The molecule has 1 atom stereocenters. The average Bonchev–Trinajstić information content (AvgIpc) is 2.82. The number of nitrogens with zero attached hydrogens (tertiary/aromatic N) is 3. The van der Waals surface area contributed by atoms with Crippen LogP contribution < -0.4 is 10.6 Å². The lowest BCUT2D eigenvalue weighted by atomic mass is 10.0. The van der Waals surface area contributed by atoms with Crippen molar-refractivity contribution in [1.29, 1.82) is 0 Å². The Morgan fingerprint density at radius 2 is 2.11 bits per heavy atom. The average molecular weight is 258 g/mol. The van der Waals surface area contributed by atoms with Crippen LogP contribution in [0, 0.1) is 0 Å². The predicted molar refractivity (Wildman–Crippen MR) is 70.9 cm³/mol. The molecule has 19 heavy (non-hydrogen) atoms. The number of anilines is 1. The molecule has 1 aromatic carbocycles. The van der Waals surface area contributed by atoms with Crippen molar-refractivity contribution in [3.05, 3.63) is 30.5 Å². The largest absolute Gasteiger partial charge is 0.480 e. The summed E-state index contributed by atoms with van der Waals surface area (Å²) >= 11 is 0. The highest BCUT2D eigenvalue weighted by Gasteiger charge is 2.41. The van der Waals surface area contributed by atoms with E-state index in [4.69, 9.17) is 10.8 Å². The quantitative estimate of drug-likeness (QED) is 0.820. The monoisotopic (exact) mass is 258 g/mol. The van der Waals surface area contributed by atoms with Gasteiger partial charge in [0, 0.05) is 13.1 Å². The van der Waals surface area contributed by atoms with Crippen LogP contribution in [0.2, 0.25) is 0 Å².